The van der Waals surface area contributed by atoms with Crippen LogP contribution >= 0.6 is 0 Å². The molecule has 0 unspecified atom stereocenters. The van der Waals surface area contributed by atoms with Crippen LogP contribution in [0.5, 0.6) is 0 Å². The first-order valence-corrected chi connectivity index (χ1v) is 6.96. The van der Waals surface area contributed by atoms with E-state index in [2.05, 4.69) is 63.5 Å². The Labute approximate surface area is 123 Å². The van der Waals surface area contributed by atoms with Gasteiger partial charge in [0.15, 0.2) is 0 Å². The molecule has 0 amide bonds. The van der Waals surface area contributed by atoms with E-state index in [1.54, 1.807) is 0 Å². The zero-order valence-corrected chi connectivity index (χ0v) is 13.0. The van der Waals surface area contributed by atoms with Crippen LogP contribution in [0.1, 0.15) is 26.2 Å². The molecule has 2 heteroatoms. The number of hydrogen-bond acceptors (Lipinski definition) is 0. The molecule has 0 fully saturated rings. The van der Waals surface area contributed by atoms with Crippen LogP contribution in [0.3, 0.4) is 0 Å². The van der Waals surface area contributed by atoms with E-state index in [0.717, 1.165) is 4.48 Å². The first kappa shape index (κ1) is 16.0. The maximum absolute atomic E-state index is 2.32. The van der Waals surface area contributed by atoms with Crippen LogP contribution in [-0.4, -0.2) is 20.6 Å². The smallest absolute Gasteiger partial charge is 0.140 e. The highest BCUT2D eigenvalue weighted by Gasteiger charge is 2.20. The van der Waals surface area contributed by atoms with Crippen molar-refractivity contribution in [3.63, 3.8) is 0 Å². The molecule has 0 N–H and O–H groups in total. The lowest BCUT2D eigenvalue weighted by Crippen LogP contribution is -3.00. The van der Waals surface area contributed by atoms with Crippen molar-refractivity contribution in [1.82, 2.24) is 4.48 Å². The zero-order chi connectivity index (χ0) is 13.0. The number of nitrogens with zero attached hydrogens (tertiary/aromatic N) is 1. The summed E-state index contributed by atoms with van der Waals surface area (Å²) in [4.78, 5) is 0. The summed E-state index contributed by atoms with van der Waals surface area (Å²) in [6.07, 6.45) is 3.91. The topological polar surface area (TPSA) is 0 Å². The SMILES string of the molecule is CCCCC[N+](C)(C)c1cccc2ccccc12.[Cl-]. The van der Waals surface area contributed by atoms with Crippen molar-refractivity contribution in [2.45, 2.75) is 26.2 Å². The van der Waals surface area contributed by atoms with Gasteiger partial charge in [0.2, 0.25) is 0 Å². The quantitative estimate of drug-likeness (QED) is 0.575. The van der Waals surface area contributed by atoms with E-state index in [4.69, 9.17) is 0 Å². The Morgan fingerprint density at radius 2 is 1.58 bits per heavy atom. The second kappa shape index (κ2) is 6.93. The van der Waals surface area contributed by atoms with Gasteiger partial charge in [0.05, 0.1) is 20.6 Å². The third-order valence-corrected chi connectivity index (χ3v) is 3.74. The van der Waals surface area contributed by atoms with Crippen LogP contribution in [0, 0.1) is 0 Å². The Bertz CT molecular complexity index is 514. The molecule has 0 heterocycles. The van der Waals surface area contributed by atoms with Gasteiger partial charge in [-0.2, -0.15) is 0 Å². The maximum atomic E-state index is 2.32. The average Bonchev–Trinajstić information content (AvgIpc) is 2.38. The Morgan fingerprint density at radius 3 is 2.32 bits per heavy atom. The maximum Gasteiger partial charge on any atom is 0.140 e. The van der Waals surface area contributed by atoms with Gasteiger partial charge >= 0.3 is 0 Å². The fourth-order valence-corrected chi connectivity index (χ4v) is 2.61. The summed E-state index contributed by atoms with van der Waals surface area (Å²) in [6, 6.07) is 15.3. The second-order valence-electron chi connectivity index (χ2n) is 5.61. The van der Waals surface area contributed by atoms with Gasteiger partial charge in [-0.25, -0.2) is 0 Å². The van der Waals surface area contributed by atoms with Crippen molar-refractivity contribution in [2.75, 3.05) is 20.6 Å². The number of unbranched alkanes of at least 4 members (excludes halogenated alkanes) is 2. The van der Waals surface area contributed by atoms with Crippen molar-refractivity contribution in [2.24, 2.45) is 0 Å². The molecule has 2 aromatic rings. The minimum Gasteiger partial charge on any atom is -1.00 e. The van der Waals surface area contributed by atoms with Crippen molar-refractivity contribution in [3.8, 4) is 0 Å². The molecule has 0 spiro atoms. The number of hydrogen-bond donors (Lipinski definition) is 0. The van der Waals surface area contributed by atoms with Crippen LogP contribution in [-0.2, 0) is 0 Å². The fourth-order valence-electron chi connectivity index (χ4n) is 2.61. The van der Waals surface area contributed by atoms with E-state index < -0.39 is 0 Å². The molecule has 0 saturated carbocycles. The van der Waals surface area contributed by atoms with Gasteiger partial charge in [-0.3, -0.25) is 4.48 Å². The molecule has 0 saturated heterocycles. The van der Waals surface area contributed by atoms with Crippen LogP contribution in [0.15, 0.2) is 42.5 Å². The highest BCUT2D eigenvalue weighted by Crippen LogP contribution is 2.29. The first-order valence-electron chi connectivity index (χ1n) is 6.96. The largest absolute Gasteiger partial charge is 1.00 e. The number of rotatable bonds is 5. The Kier molecular flexibility index (Phi) is 5.84. The van der Waals surface area contributed by atoms with Gasteiger partial charge in [0.1, 0.15) is 5.69 Å². The Balaban J connectivity index is 0.00000180. The van der Waals surface area contributed by atoms with Crippen molar-refractivity contribution in [3.05, 3.63) is 42.5 Å². The Morgan fingerprint density at radius 1 is 0.895 bits per heavy atom. The standard InChI is InChI=1S/C17H24N.ClH/c1-4-5-8-14-18(2,3)17-13-9-11-15-10-6-7-12-16(15)17;/h6-7,9-13H,4-5,8,14H2,1-3H3;1H/q+1;/p-1. The molecule has 0 aliphatic heterocycles. The molecule has 1 nitrogen and oxygen atoms in total. The third-order valence-electron chi connectivity index (χ3n) is 3.74. The van der Waals surface area contributed by atoms with Crippen molar-refractivity contribution < 1.29 is 12.4 Å². The van der Waals surface area contributed by atoms with Gasteiger partial charge in [0, 0.05) is 5.39 Å². The van der Waals surface area contributed by atoms with Crippen LogP contribution in [0.2, 0.25) is 0 Å². The molecule has 2 aromatic carbocycles. The normalized spacial score (nSPS) is 11.3. The minimum absolute atomic E-state index is 0. The lowest BCUT2D eigenvalue weighted by atomic mass is 10.1. The van der Waals surface area contributed by atoms with Crippen molar-refractivity contribution >= 4 is 16.5 Å². The van der Waals surface area contributed by atoms with Crippen LogP contribution < -0.4 is 16.9 Å². The van der Waals surface area contributed by atoms with E-state index in [0.29, 0.717) is 0 Å². The van der Waals surface area contributed by atoms with E-state index in [-0.39, 0.29) is 12.4 Å². The van der Waals surface area contributed by atoms with E-state index >= 15 is 0 Å². The third kappa shape index (κ3) is 3.71. The number of benzene rings is 2. The highest BCUT2D eigenvalue weighted by molar-refractivity contribution is 5.93. The van der Waals surface area contributed by atoms with E-state index in [1.165, 1.54) is 42.3 Å². The number of halogens is 1. The predicted octanol–water partition coefficient (Wildman–Crippen LogP) is 1.60. The van der Waals surface area contributed by atoms with Crippen LogP contribution in [0.25, 0.3) is 10.8 Å². The van der Waals surface area contributed by atoms with Crippen molar-refractivity contribution in [1.29, 1.82) is 0 Å². The summed E-state index contributed by atoms with van der Waals surface area (Å²) in [7, 11) is 4.63. The van der Waals surface area contributed by atoms with Gasteiger partial charge in [-0.1, -0.05) is 43.7 Å². The summed E-state index contributed by atoms with van der Waals surface area (Å²) in [6.45, 7) is 3.47. The first-order chi connectivity index (χ1) is 8.65. The highest BCUT2D eigenvalue weighted by atomic mass is 35.5. The summed E-state index contributed by atoms with van der Waals surface area (Å²) in [5, 5.41) is 2.73. The summed E-state index contributed by atoms with van der Waals surface area (Å²) in [5.74, 6) is 0. The number of fused-ring (bicyclic) bond motifs is 1. The molecule has 0 aliphatic rings. The molecule has 104 valence electrons. The second-order valence-corrected chi connectivity index (χ2v) is 5.61. The summed E-state index contributed by atoms with van der Waals surface area (Å²) < 4.78 is 0.974. The average molecular weight is 278 g/mol. The predicted molar refractivity (Wildman–Crippen MR) is 82.0 cm³/mol. The molecule has 2 rings (SSSR count). The van der Waals surface area contributed by atoms with Gasteiger partial charge in [0.25, 0.3) is 0 Å². The molecule has 0 radical (unpaired) electrons. The van der Waals surface area contributed by atoms with E-state index in [1.807, 2.05) is 0 Å². The van der Waals surface area contributed by atoms with Gasteiger partial charge in [-0.15, -0.1) is 0 Å². The monoisotopic (exact) mass is 277 g/mol. The van der Waals surface area contributed by atoms with Gasteiger partial charge < -0.3 is 12.4 Å². The minimum atomic E-state index is 0. The van der Waals surface area contributed by atoms with Crippen LogP contribution in [0.4, 0.5) is 5.69 Å². The van der Waals surface area contributed by atoms with Gasteiger partial charge in [-0.05, 0) is 30.4 Å². The molecule has 0 atom stereocenters. The molecular formula is C17H24ClN. The van der Waals surface area contributed by atoms with E-state index in [9.17, 15) is 0 Å². The molecule has 0 aromatic heterocycles. The molecule has 0 aliphatic carbocycles. The molecule has 0 bridgehead atoms. The molecular weight excluding hydrogens is 254 g/mol. The zero-order valence-electron chi connectivity index (χ0n) is 12.2. The number of quaternary nitrogens is 1. The summed E-state index contributed by atoms with van der Waals surface area (Å²) >= 11 is 0. The lowest BCUT2D eigenvalue weighted by molar-refractivity contribution is -0.00000390. The fraction of sp³-hybridized carbons (Fsp3) is 0.412. The lowest BCUT2D eigenvalue weighted by Gasteiger charge is -2.30. The Hall–Kier alpha value is -1.05. The summed E-state index contributed by atoms with van der Waals surface area (Å²) in [5.41, 5.74) is 1.43. The molecule has 19 heavy (non-hydrogen) atoms.